The Balaban J connectivity index is 2.24. The topological polar surface area (TPSA) is 15.3 Å². The Bertz CT molecular complexity index is 407. The number of anilines is 1. The molecule has 0 saturated heterocycles. The molecule has 0 unspecified atom stereocenters. The predicted octanol–water partition coefficient (Wildman–Crippen LogP) is 3.45. The van der Waals surface area contributed by atoms with E-state index in [1.54, 1.807) is 0 Å². The van der Waals surface area contributed by atoms with Gasteiger partial charge in [-0.2, -0.15) is 0 Å². The number of benzene rings is 1. The first-order valence-electron chi connectivity index (χ1n) is 7.12. The Morgan fingerprint density at radius 3 is 2.32 bits per heavy atom. The van der Waals surface area contributed by atoms with Gasteiger partial charge in [-0.3, -0.25) is 0 Å². The molecule has 1 fully saturated rings. The maximum Gasteiger partial charge on any atom is 0.149 e. The van der Waals surface area contributed by atoms with Crippen molar-refractivity contribution >= 4 is 5.69 Å². The molecule has 0 amide bonds. The summed E-state index contributed by atoms with van der Waals surface area (Å²) >= 11 is 0. The smallest absolute Gasteiger partial charge is 0.149 e. The van der Waals surface area contributed by atoms with E-state index in [9.17, 15) is 8.78 Å². The van der Waals surface area contributed by atoms with E-state index in [1.807, 2.05) is 18.7 Å². The molecular formula is C15H22F2N2. The van der Waals surface area contributed by atoms with Crippen molar-refractivity contribution in [3.8, 4) is 0 Å². The molecule has 0 aromatic heterocycles. The van der Waals surface area contributed by atoms with Gasteiger partial charge in [-0.1, -0.05) is 13.8 Å². The largest absolute Gasteiger partial charge is 0.364 e. The maximum atomic E-state index is 14.2. The molecule has 2 rings (SSSR count). The Morgan fingerprint density at radius 1 is 1.21 bits per heavy atom. The molecule has 4 heteroatoms. The van der Waals surface area contributed by atoms with Crippen LogP contribution in [0.2, 0.25) is 0 Å². The van der Waals surface area contributed by atoms with Crippen LogP contribution in [0.25, 0.3) is 0 Å². The number of hydrogen-bond donors (Lipinski definition) is 1. The van der Waals surface area contributed by atoms with Gasteiger partial charge in [-0.15, -0.1) is 0 Å². The van der Waals surface area contributed by atoms with Gasteiger partial charge in [0.2, 0.25) is 0 Å². The second-order valence-corrected chi connectivity index (χ2v) is 5.11. The van der Waals surface area contributed by atoms with Gasteiger partial charge in [0.1, 0.15) is 17.3 Å². The fourth-order valence-electron chi connectivity index (χ4n) is 2.37. The molecule has 0 heterocycles. The summed E-state index contributed by atoms with van der Waals surface area (Å²) in [6.45, 7) is 6.00. The maximum absolute atomic E-state index is 14.2. The lowest BCUT2D eigenvalue weighted by molar-refractivity contribution is 0.561. The molecule has 0 aliphatic heterocycles. The summed E-state index contributed by atoms with van der Waals surface area (Å²) in [7, 11) is 0. The summed E-state index contributed by atoms with van der Waals surface area (Å²) in [5.41, 5.74) is 0.817. The molecule has 1 aromatic carbocycles. The Kier molecular flexibility index (Phi) is 4.75. The highest BCUT2D eigenvalue weighted by Crippen LogP contribution is 2.35. The first kappa shape index (κ1) is 14.3. The average Bonchev–Trinajstić information content (AvgIpc) is 3.18. The third kappa shape index (κ3) is 3.44. The van der Waals surface area contributed by atoms with Crippen LogP contribution in [0.15, 0.2) is 12.1 Å². The monoisotopic (exact) mass is 268 g/mol. The number of nitrogens with zero attached hydrogens (tertiary/aromatic N) is 1. The van der Waals surface area contributed by atoms with Crippen molar-refractivity contribution in [1.82, 2.24) is 5.32 Å². The summed E-state index contributed by atoms with van der Waals surface area (Å²) < 4.78 is 28.4. The molecule has 2 nitrogen and oxygen atoms in total. The molecule has 1 aromatic rings. The second kappa shape index (κ2) is 6.33. The fourth-order valence-corrected chi connectivity index (χ4v) is 2.37. The summed E-state index contributed by atoms with van der Waals surface area (Å²) in [4.78, 5) is 1.89. The van der Waals surface area contributed by atoms with Gasteiger partial charge in [-0.25, -0.2) is 8.78 Å². The lowest BCUT2D eigenvalue weighted by Crippen LogP contribution is -2.28. The molecule has 0 radical (unpaired) electrons. The molecule has 0 bridgehead atoms. The van der Waals surface area contributed by atoms with Crippen molar-refractivity contribution in [1.29, 1.82) is 0 Å². The molecule has 19 heavy (non-hydrogen) atoms. The van der Waals surface area contributed by atoms with E-state index in [0.29, 0.717) is 24.7 Å². The minimum Gasteiger partial charge on any atom is -0.364 e. The van der Waals surface area contributed by atoms with Crippen molar-refractivity contribution in [2.24, 2.45) is 0 Å². The van der Waals surface area contributed by atoms with Crippen LogP contribution in [0.4, 0.5) is 14.5 Å². The summed E-state index contributed by atoms with van der Waals surface area (Å²) in [6.07, 6.45) is 2.98. The molecular weight excluding hydrogens is 246 g/mol. The summed E-state index contributed by atoms with van der Waals surface area (Å²) in [5.74, 6) is -0.874. The number of rotatable bonds is 7. The van der Waals surface area contributed by atoms with Crippen LogP contribution in [-0.4, -0.2) is 19.1 Å². The van der Waals surface area contributed by atoms with Crippen molar-refractivity contribution in [3.63, 3.8) is 0 Å². The van der Waals surface area contributed by atoms with E-state index in [0.717, 1.165) is 25.8 Å². The highest BCUT2D eigenvalue weighted by Gasteiger charge is 2.32. The van der Waals surface area contributed by atoms with Crippen LogP contribution in [-0.2, 0) is 6.54 Å². The average molecular weight is 268 g/mol. The quantitative estimate of drug-likeness (QED) is 0.814. The van der Waals surface area contributed by atoms with Gasteiger partial charge in [0.05, 0.1) is 0 Å². The Labute approximate surface area is 113 Å². The van der Waals surface area contributed by atoms with E-state index < -0.39 is 11.6 Å². The van der Waals surface area contributed by atoms with E-state index in [1.165, 1.54) is 12.1 Å². The van der Waals surface area contributed by atoms with Crippen LogP contribution in [0.1, 0.15) is 38.7 Å². The standard InChI is InChI=1S/C15H22F2N2/c1-3-7-19(12-5-6-12)15-13(16)8-11(9-14(15)17)10-18-4-2/h8-9,12,18H,3-7,10H2,1-2H3. The number of halogens is 2. The molecule has 1 aliphatic carbocycles. The lowest BCUT2D eigenvalue weighted by atomic mass is 10.1. The molecule has 0 atom stereocenters. The van der Waals surface area contributed by atoms with Crippen LogP contribution in [0.5, 0.6) is 0 Å². The van der Waals surface area contributed by atoms with Gasteiger partial charge in [-0.05, 0) is 43.5 Å². The predicted molar refractivity (Wildman–Crippen MR) is 74.4 cm³/mol. The third-order valence-corrected chi connectivity index (χ3v) is 3.40. The van der Waals surface area contributed by atoms with Gasteiger partial charge in [0, 0.05) is 19.1 Å². The Morgan fingerprint density at radius 2 is 1.84 bits per heavy atom. The lowest BCUT2D eigenvalue weighted by Gasteiger charge is -2.25. The van der Waals surface area contributed by atoms with E-state index in [2.05, 4.69) is 5.32 Å². The van der Waals surface area contributed by atoms with Crippen LogP contribution >= 0.6 is 0 Å². The van der Waals surface area contributed by atoms with Crippen LogP contribution in [0.3, 0.4) is 0 Å². The molecule has 0 spiro atoms. The van der Waals surface area contributed by atoms with E-state index in [4.69, 9.17) is 0 Å². The first-order chi connectivity index (χ1) is 9.17. The van der Waals surface area contributed by atoms with E-state index >= 15 is 0 Å². The summed E-state index contributed by atoms with van der Waals surface area (Å²) in [6, 6.07) is 3.22. The molecule has 1 N–H and O–H groups in total. The molecule has 106 valence electrons. The van der Waals surface area contributed by atoms with Crippen molar-refractivity contribution in [2.75, 3.05) is 18.0 Å². The van der Waals surface area contributed by atoms with Gasteiger partial charge < -0.3 is 10.2 Å². The van der Waals surface area contributed by atoms with Gasteiger partial charge in [0.25, 0.3) is 0 Å². The molecule has 1 aliphatic rings. The minimum absolute atomic E-state index is 0.157. The zero-order chi connectivity index (χ0) is 13.8. The second-order valence-electron chi connectivity index (χ2n) is 5.11. The zero-order valence-corrected chi connectivity index (χ0v) is 11.7. The first-order valence-corrected chi connectivity index (χ1v) is 7.12. The van der Waals surface area contributed by atoms with E-state index in [-0.39, 0.29) is 5.69 Å². The van der Waals surface area contributed by atoms with Crippen molar-refractivity contribution in [2.45, 2.75) is 45.7 Å². The van der Waals surface area contributed by atoms with Crippen LogP contribution < -0.4 is 10.2 Å². The number of hydrogen-bond acceptors (Lipinski definition) is 2. The van der Waals surface area contributed by atoms with Crippen molar-refractivity contribution < 1.29 is 8.78 Å². The number of nitrogens with one attached hydrogen (secondary N) is 1. The van der Waals surface area contributed by atoms with Gasteiger partial charge >= 0.3 is 0 Å². The Hall–Kier alpha value is -1.16. The van der Waals surface area contributed by atoms with Crippen molar-refractivity contribution in [3.05, 3.63) is 29.3 Å². The third-order valence-electron chi connectivity index (χ3n) is 3.40. The normalized spacial score (nSPS) is 14.7. The summed E-state index contributed by atoms with van der Waals surface area (Å²) in [5, 5.41) is 3.08. The minimum atomic E-state index is -0.437. The van der Waals surface area contributed by atoms with Gasteiger partial charge in [0.15, 0.2) is 0 Å². The van der Waals surface area contributed by atoms with Crippen LogP contribution in [0, 0.1) is 11.6 Å². The highest BCUT2D eigenvalue weighted by atomic mass is 19.1. The highest BCUT2D eigenvalue weighted by molar-refractivity contribution is 5.52. The fraction of sp³-hybridized carbons (Fsp3) is 0.600. The zero-order valence-electron chi connectivity index (χ0n) is 11.7. The molecule has 1 saturated carbocycles. The SMILES string of the molecule is CCCN(c1c(F)cc(CNCC)cc1F)C1CC1.